The summed E-state index contributed by atoms with van der Waals surface area (Å²) in [6.07, 6.45) is -1.10. The van der Waals surface area contributed by atoms with Crippen molar-refractivity contribution in [2.24, 2.45) is 0 Å². The Morgan fingerprint density at radius 3 is 2.94 bits per heavy atom. The SMILES string of the molecule is Cc1c(N)ncnc1NCCOCC(F)F. The Kier molecular flexibility index (Phi) is 4.84. The molecule has 0 bridgehead atoms. The highest BCUT2D eigenvalue weighted by molar-refractivity contribution is 5.53. The summed E-state index contributed by atoms with van der Waals surface area (Å²) in [6.45, 7) is 1.81. The van der Waals surface area contributed by atoms with Crippen LogP contribution in [0, 0.1) is 6.92 Å². The number of nitrogens with one attached hydrogen (secondary N) is 1. The van der Waals surface area contributed by atoms with Gasteiger partial charge in [-0.3, -0.25) is 0 Å². The molecule has 1 heterocycles. The van der Waals surface area contributed by atoms with E-state index >= 15 is 0 Å². The first-order valence-corrected chi connectivity index (χ1v) is 4.78. The number of anilines is 2. The predicted octanol–water partition coefficient (Wildman–Crippen LogP) is 1.06. The van der Waals surface area contributed by atoms with Crippen molar-refractivity contribution < 1.29 is 13.5 Å². The molecule has 16 heavy (non-hydrogen) atoms. The van der Waals surface area contributed by atoms with E-state index in [-0.39, 0.29) is 6.61 Å². The molecule has 5 nitrogen and oxygen atoms in total. The van der Waals surface area contributed by atoms with Crippen LogP contribution in [0.25, 0.3) is 0 Å². The van der Waals surface area contributed by atoms with Crippen molar-refractivity contribution in [2.45, 2.75) is 13.3 Å². The van der Waals surface area contributed by atoms with Gasteiger partial charge in [0.1, 0.15) is 24.6 Å². The number of nitrogens with zero attached hydrogens (tertiary/aromatic N) is 2. The predicted molar refractivity (Wildman–Crippen MR) is 56.5 cm³/mol. The molecule has 1 rings (SSSR count). The van der Waals surface area contributed by atoms with Crippen LogP contribution in [0.4, 0.5) is 20.4 Å². The molecule has 0 unspecified atom stereocenters. The number of hydrogen-bond donors (Lipinski definition) is 2. The maximum Gasteiger partial charge on any atom is 0.261 e. The van der Waals surface area contributed by atoms with E-state index in [1.54, 1.807) is 6.92 Å². The highest BCUT2D eigenvalue weighted by Gasteiger charge is 2.04. The summed E-state index contributed by atoms with van der Waals surface area (Å²) in [7, 11) is 0. The lowest BCUT2D eigenvalue weighted by Crippen LogP contribution is -2.14. The number of halogens is 2. The highest BCUT2D eigenvalue weighted by Crippen LogP contribution is 2.14. The van der Waals surface area contributed by atoms with Crippen molar-refractivity contribution in [1.29, 1.82) is 0 Å². The Balaban J connectivity index is 2.29. The molecule has 0 aromatic carbocycles. The molecule has 0 amide bonds. The maximum absolute atomic E-state index is 11.7. The lowest BCUT2D eigenvalue weighted by Gasteiger charge is -2.09. The summed E-state index contributed by atoms with van der Waals surface area (Å²) in [5.74, 6) is 0.985. The third kappa shape index (κ3) is 3.93. The Bertz CT molecular complexity index is 335. The normalized spacial score (nSPS) is 10.8. The minimum Gasteiger partial charge on any atom is -0.383 e. The lowest BCUT2D eigenvalue weighted by atomic mass is 10.3. The molecule has 90 valence electrons. The second kappa shape index (κ2) is 6.16. The zero-order valence-corrected chi connectivity index (χ0v) is 8.91. The molecule has 0 aliphatic heterocycles. The number of nitrogens with two attached hydrogens (primary N) is 1. The van der Waals surface area contributed by atoms with Gasteiger partial charge in [0.25, 0.3) is 6.43 Å². The largest absolute Gasteiger partial charge is 0.383 e. The maximum atomic E-state index is 11.7. The van der Waals surface area contributed by atoms with Gasteiger partial charge in [0.05, 0.1) is 6.61 Å². The number of rotatable bonds is 6. The van der Waals surface area contributed by atoms with Crippen LogP contribution in [0.1, 0.15) is 5.56 Å². The number of nitrogen functional groups attached to an aromatic ring is 1. The monoisotopic (exact) mass is 232 g/mol. The average molecular weight is 232 g/mol. The molecule has 0 atom stereocenters. The first kappa shape index (κ1) is 12.6. The Labute approximate surface area is 92.0 Å². The number of ether oxygens (including phenoxy) is 1. The molecule has 1 aromatic heterocycles. The Morgan fingerprint density at radius 1 is 1.50 bits per heavy atom. The number of hydrogen-bond acceptors (Lipinski definition) is 5. The summed E-state index contributed by atoms with van der Waals surface area (Å²) in [6, 6.07) is 0. The minimum absolute atomic E-state index is 0.188. The van der Waals surface area contributed by atoms with Crippen LogP contribution in [-0.2, 0) is 4.74 Å². The van der Waals surface area contributed by atoms with Gasteiger partial charge in [0.2, 0.25) is 0 Å². The van der Waals surface area contributed by atoms with E-state index in [9.17, 15) is 8.78 Å². The first-order valence-electron chi connectivity index (χ1n) is 4.78. The van der Waals surface area contributed by atoms with Crippen molar-refractivity contribution in [3.05, 3.63) is 11.9 Å². The average Bonchev–Trinajstić information content (AvgIpc) is 2.23. The second-order valence-corrected chi connectivity index (χ2v) is 3.13. The fourth-order valence-electron chi connectivity index (χ4n) is 1.06. The fraction of sp³-hybridized carbons (Fsp3) is 0.556. The highest BCUT2D eigenvalue weighted by atomic mass is 19.3. The zero-order valence-electron chi connectivity index (χ0n) is 8.91. The quantitative estimate of drug-likeness (QED) is 0.717. The van der Waals surface area contributed by atoms with Crippen molar-refractivity contribution in [2.75, 3.05) is 30.8 Å². The number of aromatic nitrogens is 2. The molecule has 0 saturated heterocycles. The van der Waals surface area contributed by atoms with Crippen LogP contribution >= 0.6 is 0 Å². The topological polar surface area (TPSA) is 73.1 Å². The molecule has 0 spiro atoms. The summed E-state index contributed by atoms with van der Waals surface area (Å²) in [5.41, 5.74) is 6.30. The Morgan fingerprint density at radius 2 is 2.25 bits per heavy atom. The molecule has 0 aliphatic carbocycles. The van der Waals surface area contributed by atoms with E-state index < -0.39 is 13.0 Å². The van der Waals surface area contributed by atoms with E-state index in [0.29, 0.717) is 18.2 Å². The van der Waals surface area contributed by atoms with E-state index in [2.05, 4.69) is 15.3 Å². The fourth-order valence-corrected chi connectivity index (χ4v) is 1.06. The van der Waals surface area contributed by atoms with Crippen molar-refractivity contribution in [3.8, 4) is 0 Å². The summed E-state index contributed by atoms with van der Waals surface area (Å²) in [5, 5.41) is 2.93. The summed E-state index contributed by atoms with van der Waals surface area (Å²) >= 11 is 0. The van der Waals surface area contributed by atoms with Gasteiger partial charge < -0.3 is 15.8 Å². The van der Waals surface area contributed by atoms with E-state index in [4.69, 9.17) is 10.5 Å². The summed E-state index contributed by atoms with van der Waals surface area (Å²) in [4.78, 5) is 7.77. The lowest BCUT2D eigenvalue weighted by molar-refractivity contribution is 0.0215. The van der Waals surface area contributed by atoms with Crippen LogP contribution < -0.4 is 11.1 Å². The van der Waals surface area contributed by atoms with Crippen LogP contribution in [-0.4, -0.2) is 36.2 Å². The Hall–Kier alpha value is -1.50. The van der Waals surface area contributed by atoms with E-state index in [1.807, 2.05) is 0 Å². The minimum atomic E-state index is -2.43. The van der Waals surface area contributed by atoms with Gasteiger partial charge >= 0.3 is 0 Å². The van der Waals surface area contributed by atoms with Gasteiger partial charge in [-0.05, 0) is 6.92 Å². The molecule has 0 fully saturated rings. The molecule has 0 radical (unpaired) electrons. The van der Waals surface area contributed by atoms with Crippen LogP contribution in [0.15, 0.2) is 6.33 Å². The van der Waals surface area contributed by atoms with Gasteiger partial charge in [-0.25, -0.2) is 18.7 Å². The van der Waals surface area contributed by atoms with Gasteiger partial charge in [-0.15, -0.1) is 0 Å². The van der Waals surface area contributed by atoms with E-state index in [0.717, 1.165) is 5.56 Å². The molecule has 0 saturated carbocycles. The second-order valence-electron chi connectivity index (χ2n) is 3.13. The standard InChI is InChI=1S/C9H14F2N4O/c1-6-8(12)14-5-15-9(6)13-2-3-16-4-7(10)11/h5,7H,2-4H2,1H3,(H3,12,13,14,15). The summed E-state index contributed by atoms with van der Waals surface area (Å²) < 4.78 is 28.1. The molecular formula is C9H14F2N4O. The van der Waals surface area contributed by atoms with Crippen molar-refractivity contribution >= 4 is 11.6 Å². The molecule has 3 N–H and O–H groups in total. The first-order chi connectivity index (χ1) is 7.61. The third-order valence-electron chi connectivity index (χ3n) is 1.91. The smallest absolute Gasteiger partial charge is 0.261 e. The van der Waals surface area contributed by atoms with Gasteiger partial charge in [-0.1, -0.05) is 0 Å². The molecule has 7 heteroatoms. The number of alkyl halides is 2. The molecule has 1 aromatic rings. The van der Waals surface area contributed by atoms with Crippen LogP contribution in [0.5, 0.6) is 0 Å². The third-order valence-corrected chi connectivity index (χ3v) is 1.91. The molecular weight excluding hydrogens is 218 g/mol. The zero-order chi connectivity index (χ0) is 12.0. The van der Waals surface area contributed by atoms with Gasteiger partial charge in [0, 0.05) is 12.1 Å². The molecule has 0 aliphatic rings. The van der Waals surface area contributed by atoms with Gasteiger partial charge in [-0.2, -0.15) is 0 Å². The van der Waals surface area contributed by atoms with Crippen molar-refractivity contribution in [1.82, 2.24) is 9.97 Å². The van der Waals surface area contributed by atoms with Crippen molar-refractivity contribution in [3.63, 3.8) is 0 Å². The van der Waals surface area contributed by atoms with Gasteiger partial charge in [0.15, 0.2) is 0 Å². The van der Waals surface area contributed by atoms with Crippen LogP contribution in [0.3, 0.4) is 0 Å². The van der Waals surface area contributed by atoms with Crippen LogP contribution in [0.2, 0.25) is 0 Å². The van der Waals surface area contributed by atoms with E-state index in [1.165, 1.54) is 6.33 Å².